The van der Waals surface area contributed by atoms with Crippen LogP contribution in [0.5, 0.6) is 0 Å². The first-order valence-electron chi connectivity index (χ1n) is 7.08. The molecule has 0 radical (unpaired) electrons. The van der Waals surface area contributed by atoms with E-state index in [4.69, 9.17) is 11.6 Å². The van der Waals surface area contributed by atoms with Gasteiger partial charge in [0.15, 0.2) is 0 Å². The average molecular weight is 346 g/mol. The van der Waals surface area contributed by atoms with E-state index in [0.717, 1.165) is 6.20 Å². The topological polar surface area (TPSA) is 102 Å². The van der Waals surface area contributed by atoms with E-state index < -0.39 is 4.92 Å². The quantitative estimate of drug-likeness (QED) is 0.577. The Kier molecular flexibility index (Phi) is 4.13. The van der Waals surface area contributed by atoms with Crippen molar-refractivity contribution in [2.45, 2.75) is 13.3 Å². The predicted octanol–water partition coefficient (Wildman–Crippen LogP) is 3.31. The first-order valence-corrected chi connectivity index (χ1v) is 7.46. The number of amides is 1. The number of nitrogens with one attached hydrogen (secondary N) is 1. The zero-order valence-electron chi connectivity index (χ0n) is 12.6. The number of rotatable bonds is 4. The monoisotopic (exact) mass is 345 g/mol. The highest BCUT2D eigenvalue weighted by Crippen LogP contribution is 2.30. The fourth-order valence-electron chi connectivity index (χ4n) is 2.25. The molecule has 3 aromatic rings. The number of hydrogen-bond donors (Lipinski definition) is 1. The largest absolute Gasteiger partial charge is 0.333 e. The summed E-state index contributed by atoms with van der Waals surface area (Å²) in [5.41, 5.74) is 1.72. The lowest BCUT2D eigenvalue weighted by Crippen LogP contribution is -2.10. The number of benzene rings is 1. The SMILES string of the molecule is CCC(=O)Nc1cc(-c2ccnc3c([N+](=O)[O-])cnn23)ccc1Cl. The Morgan fingerprint density at radius 1 is 1.42 bits per heavy atom. The van der Waals surface area contributed by atoms with Crippen LogP contribution in [0.1, 0.15) is 13.3 Å². The van der Waals surface area contributed by atoms with E-state index in [0.29, 0.717) is 28.4 Å². The van der Waals surface area contributed by atoms with Crippen molar-refractivity contribution in [3.05, 3.63) is 51.8 Å². The van der Waals surface area contributed by atoms with Crippen LogP contribution in [0.4, 0.5) is 11.4 Å². The average Bonchev–Trinajstić information content (AvgIpc) is 3.01. The number of fused-ring (bicyclic) bond motifs is 1. The van der Waals surface area contributed by atoms with E-state index in [-0.39, 0.29) is 17.2 Å². The summed E-state index contributed by atoms with van der Waals surface area (Å²) in [6.07, 6.45) is 2.95. The van der Waals surface area contributed by atoms with Crippen molar-refractivity contribution in [3.8, 4) is 11.3 Å². The van der Waals surface area contributed by atoms with Gasteiger partial charge in [0.2, 0.25) is 11.6 Å². The van der Waals surface area contributed by atoms with E-state index >= 15 is 0 Å². The van der Waals surface area contributed by atoms with Crippen molar-refractivity contribution in [3.63, 3.8) is 0 Å². The number of halogens is 1. The summed E-state index contributed by atoms with van der Waals surface area (Å²) in [5, 5.41) is 18.2. The molecule has 3 rings (SSSR count). The van der Waals surface area contributed by atoms with Gasteiger partial charge in [0.25, 0.3) is 0 Å². The minimum atomic E-state index is -0.534. The van der Waals surface area contributed by atoms with Gasteiger partial charge < -0.3 is 5.32 Å². The number of carbonyl (C=O) groups excluding carboxylic acids is 1. The molecule has 122 valence electrons. The molecule has 2 heterocycles. The second kappa shape index (κ2) is 6.25. The van der Waals surface area contributed by atoms with Crippen LogP contribution in [0.25, 0.3) is 16.9 Å². The molecule has 1 N–H and O–H groups in total. The van der Waals surface area contributed by atoms with Crippen molar-refractivity contribution in [1.82, 2.24) is 14.6 Å². The third kappa shape index (κ3) is 2.79. The molecule has 0 bridgehead atoms. The molecule has 0 unspecified atom stereocenters. The first kappa shape index (κ1) is 15.9. The highest BCUT2D eigenvalue weighted by molar-refractivity contribution is 6.33. The van der Waals surface area contributed by atoms with Crippen molar-refractivity contribution >= 4 is 34.5 Å². The number of nitro groups is 1. The number of anilines is 1. The molecule has 24 heavy (non-hydrogen) atoms. The predicted molar refractivity (Wildman–Crippen MR) is 89.0 cm³/mol. The Bertz CT molecular complexity index is 953. The molecule has 0 aliphatic carbocycles. The zero-order chi connectivity index (χ0) is 17.3. The molecular formula is C15H12ClN5O3. The van der Waals surface area contributed by atoms with Crippen LogP contribution in [-0.4, -0.2) is 25.4 Å². The number of carbonyl (C=O) groups is 1. The summed E-state index contributed by atoms with van der Waals surface area (Å²) in [5.74, 6) is -0.163. The molecule has 0 fully saturated rings. The number of hydrogen-bond acceptors (Lipinski definition) is 5. The molecule has 0 saturated carbocycles. The number of nitrogens with zero attached hydrogens (tertiary/aromatic N) is 4. The van der Waals surface area contributed by atoms with Gasteiger partial charge in [-0.05, 0) is 18.2 Å². The standard InChI is InChI=1S/C15H12ClN5O3/c1-2-14(22)19-11-7-9(3-4-10(11)16)12-5-6-17-15-13(21(23)24)8-18-20(12)15/h3-8H,2H2,1H3,(H,19,22). The van der Waals surface area contributed by atoms with Gasteiger partial charge in [-0.3, -0.25) is 14.9 Å². The zero-order valence-corrected chi connectivity index (χ0v) is 13.3. The van der Waals surface area contributed by atoms with E-state index in [9.17, 15) is 14.9 Å². The number of aromatic nitrogens is 3. The third-order valence-corrected chi connectivity index (χ3v) is 3.77. The Labute approximate surface area is 141 Å². The Morgan fingerprint density at radius 3 is 2.92 bits per heavy atom. The third-order valence-electron chi connectivity index (χ3n) is 3.44. The molecule has 0 saturated heterocycles. The second-order valence-corrected chi connectivity index (χ2v) is 5.36. The lowest BCUT2D eigenvalue weighted by Gasteiger charge is -2.10. The van der Waals surface area contributed by atoms with Gasteiger partial charge >= 0.3 is 5.69 Å². The molecule has 2 aromatic heterocycles. The van der Waals surface area contributed by atoms with E-state index in [1.807, 2.05) is 0 Å². The summed E-state index contributed by atoms with van der Waals surface area (Å²) in [4.78, 5) is 26.1. The van der Waals surface area contributed by atoms with Crippen molar-refractivity contribution in [2.75, 3.05) is 5.32 Å². The normalized spacial score (nSPS) is 10.8. The van der Waals surface area contributed by atoms with Gasteiger partial charge in [0.05, 0.1) is 21.3 Å². The molecule has 1 aromatic carbocycles. The minimum Gasteiger partial charge on any atom is -0.325 e. The van der Waals surface area contributed by atoms with Crippen LogP contribution in [0.2, 0.25) is 5.02 Å². The van der Waals surface area contributed by atoms with Crippen molar-refractivity contribution in [1.29, 1.82) is 0 Å². The maximum Gasteiger partial charge on any atom is 0.333 e. The van der Waals surface area contributed by atoms with Crippen molar-refractivity contribution < 1.29 is 9.72 Å². The van der Waals surface area contributed by atoms with Crippen molar-refractivity contribution in [2.24, 2.45) is 0 Å². The van der Waals surface area contributed by atoms with Gasteiger partial charge in [-0.2, -0.15) is 5.10 Å². The van der Waals surface area contributed by atoms with E-state index in [1.165, 1.54) is 10.7 Å². The molecule has 0 aliphatic heterocycles. The fourth-order valence-corrected chi connectivity index (χ4v) is 2.41. The summed E-state index contributed by atoms with van der Waals surface area (Å²) >= 11 is 6.11. The van der Waals surface area contributed by atoms with Gasteiger partial charge in [0.1, 0.15) is 6.20 Å². The second-order valence-electron chi connectivity index (χ2n) is 4.95. The highest BCUT2D eigenvalue weighted by atomic mass is 35.5. The maximum absolute atomic E-state index is 11.6. The maximum atomic E-state index is 11.6. The molecule has 0 spiro atoms. The van der Waals surface area contributed by atoms with Crippen LogP contribution in [0.15, 0.2) is 36.7 Å². The summed E-state index contributed by atoms with van der Waals surface area (Å²) in [6, 6.07) is 6.76. The van der Waals surface area contributed by atoms with Crippen LogP contribution in [-0.2, 0) is 4.79 Å². The van der Waals surface area contributed by atoms with Gasteiger partial charge in [0, 0.05) is 18.2 Å². The smallest absolute Gasteiger partial charge is 0.325 e. The molecule has 9 heteroatoms. The Morgan fingerprint density at radius 2 is 2.21 bits per heavy atom. The molecule has 1 amide bonds. The first-order chi connectivity index (χ1) is 11.5. The van der Waals surface area contributed by atoms with Gasteiger partial charge in [-0.15, -0.1) is 0 Å². The Hall–Kier alpha value is -3.00. The van der Waals surface area contributed by atoms with Crippen LogP contribution >= 0.6 is 11.6 Å². The van der Waals surface area contributed by atoms with Gasteiger partial charge in [-0.1, -0.05) is 24.6 Å². The molecule has 0 atom stereocenters. The van der Waals surface area contributed by atoms with Crippen LogP contribution in [0, 0.1) is 10.1 Å². The molecular weight excluding hydrogens is 334 g/mol. The summed E-state index contributed by atoms with van der Waals surface area (Å²) in [6.45, 7) is 1.74. The van der Waals surface area contributed by atoms with Crippen LogP contribution in [0.3, 0.4) is 0 Å². The Balaban J connectivity index is 2.12. The summed E-state index contributed by atoms with van der Waals surface area (Å²) < 4.78 is 1.38. The lowest BCUT2D eigenvalue weighted by molar-refractivity contribution is -0.383. The molecule has 8 nitrogen and oxygen atoms in total. The van der Waals surface area contributed by atoms with E-state index in [1.54, 1.807) is 31.2 Å². The lowest BCUT2D eigenvalue weighted by atomic mass is 10.1. The summed E-state index contributed by atoms with van der Waals surface area (Å²) in [7, 11) is 0. The van der Waals surface area contributed by atoms with E-state index in [2.05, 4.69) is 15.4 Å². The highest BCUT2D eigenvalue weighted by Gasteiger charge is 2.18. The van der Waals surface area contributed by atoms with Gasteiger partial charge in [-0.25, -0.2) is 9.50 Å². The molecule has 0 aliphatic rings. The fraction of sp³-hybridized carbons (Fsp3) is 0.133. The van der Waals surface area contributed by atoms with Crippen LogP contribution < -0.4 is 5.32 Å². The minimum absolute atomic E-state index is 0.145.